The molecule has 0 aliphatic rings. The summed E-state index contributed by atoms with van der Waals surface area (Å²) in [5, 5.41) is 0. The second-order valence-electron chi connectivity index (χ2n) is 4.24. The Morgan fingerprint density at radius 3 is 2.45 bits per heavy atom. The summed E-state index contributed by atoms with van der Waals surface area (Å²) in [6.07, 6.45) is 0. The highest BCUT2D eigenvalue weighted by atomic mass is 79.9. The second kappa shape index (κ2) is 6.50. The molecule has 5 heteroatoms. The lowest BCUT2D eigenvalue weighted by atomic mass is 10.1. The number of halogens is 3. The Kier molecular flexibility index (Phi) is 4.94. The lowest BCUT2D eigenvalue weighted by Gasteiger charge is -2.06. The molecule has 0 aromatic heterocycles. The molecule has 0 unspecified atom stereocenters. The average molecular weight is 357 g/mol. The first-order valence-corrected chi connectivity index (χ1v) is 7.63. The number of hydrogen-bond acceptors (Lipinski definition) is 2. The van der Waals surface area contributed by atoms with Gasteiger partial charge in [0.1, 0.15) is 5.82 Å². The number of thioether (sulfide) groups is 1. The Morgan fingerprint density at radius 2 is 1.80 bits per heavy atom. The molecule has 0 bridgehead atoms. The van der Waals surface area contributed by atoms with E-state index in [1.165, 1.54) is 17.8 Å². The van der Waals surface area contributed by atoms with E-state index in [4.69, 9.17) is 0 Å². The van der Waals surface area contributed by atoms with Gasteiger partial charge in [0, 0.05) is 4.90 Å². The monoisotopic (exact) mass is 356 g/mol. The van der Waals surface area contributed by atoms with Gasteiger partial charge < -0.3 is 0 Å². The molecule has 2 aromatic carbocycles. The third kappa shape index (κ3) is 3.46. The van der Waals surface area contributed by atoms with E-state index in [-0.39, 0.29) is 10.2 Å². The molecule has 1 nitrogen and oxygen atoms in total. The number of benzene rings is 2. The van der Waals surface area contributed by atoms with Gasteiger partial charge in [0.15, 0.2) is 11.6 Å². The maximum atomic E-state index is 13.8. The summed E-state index contributed by atoms with van der Waals surface area (Å²) in [5.41, 5.74) is 0.628. The highest BCUT2D eigenvalue weighted by Crippen LogP contribution is 2.25. The molecular formula is C15H11BrF2OS. The van der Waals surface area contributed by atoms with Gasteiger partial charge in [-0.25, -0.2) is 8.78 Å². The molecule has 20 heavy (non-hydrogen) atoms. The zero-order valence-corrected chi connectivity index (χ0v) is 13.0. The van der Waals surface area contributed by atoms with Crippen molar-refractivity contribution in [2.24, 2.45) is 0 Å². The van der Waals surface area contributed by atoms with E-state index in [2.05, 4.69) is 15.9 Å². The summed E-state index contributed by atoms with van der Waals surface area (Å²) in [5.74, 6) is -2.25. The van der Waals surface area contributed by atoms with Gasteiger partial charge in [-0.3, -0.25) is 4.79 Å². The van der Waals surface area contributed by atoms with Crippen LogP contribution in [0.5, 0.6) is 0 Å². The van der Waals surface area contributed by atoms with Crippen molar-refractivity contribution in [2.45, 2.75) is 11.8 Å². The zero-order chi connectivity index (χ0) is 14.7. The van der Waals surface area contributed by atoms with Crippen LogP contribution in [-0.2, 0) is 0 Å². The molecule has 0 atom stereocenters. The second-order valence-corrected chi connectivity index (χ2v) is 6.15. The predicted molar refractivity (Wildman–Crippen MR) is 80.3 cm³/mol. The normalized spacial score (nSPS) is 10.6. The van der Waals surface area contributed by atoms with E-state index in [0.29, 0.717) is 0 Å². The number of hydrogen-bond donors (Lipinski definition) is 0. The van der Waals surface area contributed by atoms with Crippen LogP contribution in [0.2, 0.25) is 0 Å². The Hall–Kier alpha value is -1.20. The van der Waals surface area contributed by atoms with E-state index in [1.54, 1.807) is 0 Å². The fourth-order valence-corrected chi connectivity index (χ4v) is 2.74. The molecule has 0 fully saturated rings. The van der Waals surface area contributed by atoms with Crippen molar-refractivity contribution in [3.05, 3.63) is 63.6 Å². The zero-order valence-electron chi connectivity index (χ0n) is 10.6. The van der Waals surface area contributed by atoms with E-state index in [1.807, 2.05) is 31.2 Å². The Bertz CT molecular complexity index is 641. The lowest BCUT2D eigenvalue weighted by molar-refractivity contribution is 0.101. The first kappa shape index (κ1) is 15.2. The molecule has 2 rings (SSSR count). The number of rotatable bonds is 4. The van der Waals surface area contributed by atoms with Crippen molar-refractivity contribution < 1.29 is 13.6 Å². The third-order valence-electron chi connectivity index (χ3n) is 2.71. The van der Waals surface area contributed by atoms with E-state index in [0.717, 1.165) is 16.5 Å². The SMILES string of the molecule is Cc1ccc(SCC(=O)c2c(F)ccc(Br)c2F)cc1. The van der Waals surface area contributed by atoms with Crippen LogP contribution in [0.4, 0.5) is 8.78 Å². The van der Waals surface area contributed by atoms with Gasteiger partial charge in [0.05, 0.1) is 15.8 Å². The van der Waals surface area contributed by atoms with Gasteiger partial charge in [-0.2, -0.15) is 0 Å². The van der Waals surface area contributed by atoms with Crippen LogP contribution in [0.3, 0.4) is 0 Å². The van der Waals surface area contributed by atoms with Crippen molar-refractivity contribution in [1.82, 2.24) is 0 Å². The Morgan fingerprint density at radius 1 is 1.15 bits per heavy atom. The minimum Gasteiger partial charge on any atom is -0.293 e. The highest BCUT2D eigenvalue weighted by molar-refractivity contribution is 9.10. The number of aryl methyl sites for hydroxylation is 1. The molecule has 0 N–H and O–H groups in total. The van der Waals surface area contributed by atoms with Crippen LogP contribution in [0.25, 0.3) is 0 Å². The molecule has 0 aliphatic carbocycles. The smallest absolute Gasteiger partial charge is 0.179 e. The number of carbonyl (C=O) groups excluding carboxylic acids is 1. The van der Waals surface area contributed by atoms with Crippen LogP contribution in [0.1, 0.15) is 15.9 Å². The van der Waals surface area contributed by atoms with Crippen LogP contribution >= 0.6 is 27.7 Å². The molecular weight excluding hydrogens is 346 g/mol. The van der Waals surface area contributed by atoms with E-state index >= 15 is 0 Å². The minimum atomic E-state index is -0.848. The summed E-state index contributed by atoms with van der Waals surface area (Å²) in [7, 11) is 0. The molecule has 0 aliphatic heterocycles. The summed E-state index contributed by atoms with van der Waals surface area (Å²) in [6, 6.07) is 9.92. The molecule has 0 saturated carbocycles. The fourth-order valence-electron chi connectivity index (χ4n) is 1.64. The van der Waals surface area contributed by atoms with Gasteiger partial charge in [-0.05, 0) is 47.1 Å². The topological polar surface area (TPSA) is 17.1 Å². The molecule has 0 radical (unpaired) electrons. The van der Waals surface area contributed by atoms with E-state index in [9.17, 15) is 13.6 Å². The number of Topliss-reactive ketones (excluding diaryl/α,β-unsaturated/α-hetero) is 1. The average Bonchev–Trinajstić information content (AvgIpc) is 2.43. The number of ketones is 1. The first-order chi connectivity index (χ1) is 9.49. The van der Waals surface area contributed by atoms with Gasteiger partial charge in [-0.1, -0.05) is 17.7 Å². The highest BCUT2D eigenvalue weighted by Gasteiger charge is 2.19. The Balaban J connectivity index is 2.13. The standard InChI is InChI=1S/C15H11BrF2OS/c1-9-2-4-10(5-3-9)20-8-13(19)14-12(17)7-6-11(16)15(14)18/h2-7H,8H2,1H3. The fraction of sp³-hybridized carbons (Fsp3) is 0.133. The quantitative estimate of drug-likeness (QED) is 0.435. The molecule has 0 amide bonds. The van der Waals surface area contributed by atoms with Crippen molar-refractivity contribution in [3.63, 3.8) is 0 Å². The molecule has 0 spiro atoms. The molecule has 104 valence electrons. The van der Waals surface area contributed by atoms with Crippen molar-refractivity contribution in [2.75, 3.05) is 5.75 Å². The third-order valence-corrected chi connectivity index (χ3v) is 4.34. The molecule has 0 heterocycles. The van der Waals surface area contributed by atoms with Gasteiger partial charge in [0.25, 0.3) is 0 Å². The van der Waals surface area contributed by atoms with Crippen LogP contribution in [-0.4, -0.2) is 11.5 Å². The van der Waals surface area contributed by atoms with Crippen molar-refractivity contribution in [1.29, 1.82) is 0 Å². The molecule has 2 aromatic rings. The summed E-state index contributed by atoms with van der Waals surface area (Å²) >= 11 is 4.21. The minimum absolute atomic E-state index is 0.00659. The molecule has 0 saturated heterocycles. The largest absolute Gasteiger partial charge is 0.293 e. The lowest BCUT2D eigenvalue weighted by Crippen LogP contribution is -2.09. The first-order valence-electron chi connectivity index (χ1n) is 5.85. The van der Waals surface area contributed by atoms with Gasteiger partial charge >= 0.3 is 0 Å². The van der Waals surface area contributed by atoms with Gasteiger partial charge in [0.2, 0.25) is 0 Å². The van der Waals surface area contributed by atoms with Crippen LogP contribution in [0.15, 0.2) is 45.8 Å². The summed E-state index contributed by atoms with van der Waals surface area (Å²) in [4.78, 5) is 12.8. The summed E-state index contributed by atoms with van der Waals surface area (Å²) < 4.78 is 27.4. The predicted octanol–water partition coefficient (Wildman–Crippen LogP) is 5.01. The van der Waals surface area contributed by atoms with Crippen LogP contribution < -0.4 is 0 Å². The van der Waals surface area contributed by atoms with Crippen molar-refractivity contribution >= 4 is 33.5 Å². The maximum Gasteiger partial charge on any atom is 0.179 e. The van der Waals surface area contributed by atoms with E-state index < -0.39 is 23.0 Å². The van der Waals surface area contributed by atoms with Gasteiger partial charge in [-0.15, -0.1) is 11.8 Å². The maximum absolute atomic E-state index is 13.8. The van der Waals surface area contributed by atoms with Crippen molar-refractivity contribution in [3.8, 4) is 0 Å². The number of carbonyl (C=O) groups is 1. The summed E-state index contributed by atoms with van der Waals surface area (Å²) in [6.45, 7) is 1.96. The van der Waals surface area contributed by atoms with Crippen LogP contribution in [0, 0.1) is 18.6 Å². The Labute approximate surface area is 128 Å².